The second kappa shape index (κ2) is 15.8. The fourth-order valence-corrected chi connectivity index (χ4v) is 7.22. The molecule has 1 saturated carbocycles. The van der Waals surface area contributed by atoms with E-state index in [4.69, 9.17) is 28.0 Å². The van der Waals surface area contributed by atoms with Crippen molar-refractivity contribution < 1.29 is 32.4 Å². The second-order valence-corrected chi connectivity index (χ2v) is 13.5. The highest BCUT2D eigenvalue weighted by molar-refractivity contribution is 7.88. The van der Waals surface area contributed by atoms with E-state index in [0.29, 0.717) is 47.0 Å². The lowest BCUT2D eigenvalue weighted by molar-refractivity contribution is -0.140. The molecule has 2 heterocycles. The van der Waals surface area contributed by atoms with Gasteiger partial charge in [-0.3, -0.25) is 24.3 Å². The third kappa shape index (κ3) is 8.82. The van der Waals surface area contributed by atoms with Crippen molar-refractivity contribution in [1.82, 2.24) is 30.3 Å². The van der Waals surface area contributed by atoms with Crippen LogP contribution in [0.15, 0.2) is 48.8 Å². The highest BCUT2D eigenvalue weighted by Gasteiger charge is 2.49. The zero-order valence-electron chi connectivity index (χ0n) is 25.5. The first kappa shape index (κ1) is 35.3. The molecule has 46 heavy (non-hydrogen) atoms. The van der Waals surface area contributed by atoms with Gasteiger partial charge in [-0.05, 0) is 49.1 Å². The predicted octanol–water partition coefficient (Wildman–Crippen LogP) is 4.07. The summed E-state index contributed by atoms with van der Waals surface area (Å²) in [6.45, 7) is 3.60. The molecule has 4 unspecified atom stereocenters. The Morgan fingerprint density at radius 3 is 2.48 bits per heavy atom. The van der Waals surface area contributed by atoms with Crippen molar-refractivity contribution in [3.63, 3.8) is 0 Å². The number of carbonyl (C=O) groups is 3. The number of halogens is 2. The smallest absolute Gasteiger partial charge is 0.302 e. The van der Waals surface area contributed by atoms with Gasteiger partial charge in [0.25, 0.3) is 11.8 Å². The molecule has 0 bridgehead atoms. The van der Waals surface area contributed by atoms with Gasteiger partial charge in [0.2, 0.25) is 10.0 Å². The van der Waals surface area contributed by atoms with Crippen molar-refractivity contribution in [3.05, 3.63) is 81.4 Å². The molecule has 2 aliphatic rings. The fourth-order valence-electron chi connectivity index (χ4n) is 5.87. The van der Waals surface area contributed by atoms with E-state index in [1.165, 1.54) is 13.3 Å². The van der Waals surface area contributed by atoms with Crippen molar-refractivity contribution >= 4 is 51.0 Å². The van der Waals surface area contributed by atoms with Gasteiger partial charge in [0.1, 0.15) is 12.9 Å². The molecule has 1 aliphatic heterocycles. The van der Waals surface area contributed by atoms with E-state index < -0.39 is 40.0 Å². The number of sulfonamides is 1. The number of carbonyl (C=O) groups excluding carboxylic acids is 3. The summed E-state index contributed by atoms with van der Waals surface area (Å²) in [5, 5.41) is 7.09. The molecule has 4 atom stereocenters. The lowest BCUT2D eigenvalue weighted by atomic mass is 9.76. The third-order valence-electron chi connectivity index (χ3n) is 7.59. The summed E-state index contributed by atoms with van der Waals surface area (Å²) in [5.41, 5.74) is 3.87. The summed E-state index contributed by atoms with van der Waals surface area (Å²) < 4.78 is 31.7. The van der Waals surface area contributed by atoms with Gasteiger partial charge in [0.05, 0.1) is 24.8 Å². The highest BCUT2D eigenvalue weighted by atomic mass is 35.5. The van der Waals surface area contributed by atoms with Crippen LogP contribution in [0.3, 0.4) is 0 Å². The third-order valence-corrected chi connectivity index (χ3v) is 8.88. The molecule has 248 valence electrons. The first-order chi connectivity index (χ1) is 21.9. The fraction of sp³-hybridized carbons (Fsp3) is 0.433. The number of H-pyrrole nitrogens is 1. The largest absolute Gasteiger partial charge is 0.466 e. The highest BCUT2D eigenvalue weighted by Crippen LogP contribution is 2.47. The predicted molar refractivity (Wildman–Crippen MR) is 170 cm³/mol. The van der Waals surface area contributed by atoms with Crippen molar-refractivity contribution in [3.8, 4) is 0 Å². The summed E-state index contributed by atoms with van der Waals surface area (Å²) in [5.74, 6) is -1.56. The molecule has 3 N–H and O–H groups in total. The summed E-state index contributed by atoms with van der Waals surface area (Å²) in [7, 11) is -3.58. The average Bonchev–Trinajstić information content (AvgIpc) is 3.51. The zero-order valence-corrected chi connectivity index (χ0v) is 27.9. The lowest BCUT2D eigenvalue weighted by Gasteiger charge is -2.49. The van der Waals surface area contributed by atoms with Gasteiger partial charge >= 0.3 is 5.97 Å². The van der Waals surface area contributed by atoms with Crippen molar-refractivity contribution in [2.45, 2.75) is 70.2 Å². The van der Waals surface area contributed by atoms with Gasteiger partial charge in [-0.2, -0.15) is 5.10 Å². The van der Waals surface area contributed by atoms with Crippen LogP contribution in [0.2, 0.25) is 10.0 Å². The number of ether oxygens (including phenoxy) is 1. The van der Waals surface area contributed by atoms with E-state index in [2.05, 4.69) is 30.1 Å². The Balaban J connectivity index is 0.000000731. The molecule has 5 rings (SSSR count). The minimum Gasteiger partial charge on any atom is -0.466 e. The molecule has 1 aliphatic carbocycles. The number of amides is 2. The van der Waals surface area contributed by atoms with Gasteiger partial charge in [-0.1, -0.05) is 60.3 Å². The number of aromatic amines is 1. The molecule has 16 heteroatoms. The van der Waals surface area contributed by atoms with E-state index in [-0.39, 0.29) is 23.5 Å². The molecular weight excluding hydrogens is 659 g/mol. The molecule has 1 fully saturated rings. The molecule has 0 spiro atoms. The van der Waals surface area contributed by atoms with Crippen LogP contribution in [0.5, 0.6) is 0 Å². The lowest BCUT2D eigenvalue weighted by Crippen LogP contribution is -2.59. The van der Waals surface area contributed by atoms with E-state index in [9.17, 15) is 22.8 Å². The van der Waals surface area contributed by atoms with Gasteiger partial charge < -0.3 is 9.64 Å². The molecule has 3 aromatic rings. The Kier molecular flexibility index (Phi) is 12.1. The second-order valence-electron chi connectivity index (χ2n) is 10.8. The van der Waals surface area contributed by atoms with Crippen molar-refractivity contribution in [1.29, 1.82) is 0 Å². The van der Waals surface area contributed by atoms with Gasteiger partial charge in [0.15, 0.2) is 5.82 Å². The van der Waals surface area contributed by atoms with Crippen molar-refractivity contribution in [2.75, 3.05) is 12.9 Å². The van der Waals surface area contributed by atoms with Gasteiger partial charge in [-0.15, -0.1) is 0 Å². The number of benzene rings is 2. The average molecular weight is 696 g/mol. The number of hydrogen-bond donors (Lipinski definition) is 3. The van der Waals surface area contributed by atoms with Crippen LogP contribution in [0, 0.1) is 0 Å². The van der Waals surface area contributed by atoms with Crippen LogP contribution in [0.4, 0.5) is 0 Å². The SMILES string of the molecule is CCOC(C)=O.CS(=O)(=O)NC1CCCCC1N1C(=O)c2ccccc2C(C(=O)NOCc2ncn[nH]2)C1c1ccc(Cl)cc1Cl. The van der Waals surface area contributed by atoms with Crippen LogP contribution in [-0.2, 0) is 35.8 Å². The Bertz CT molecular complexity index is 1640. The minimum atomic E-state index is -3.58. The summed E-state index contributed by atoms with van der Waals surface area (Å²) in [6.07, 6.45) is 5.09. The van der Waals surface area contributed by atoms with E-state index >= 15 is 0 Å². The van der Waals surface area contributed by atoms with E-state index in [1.54, 1.807) is 54.3 Å². The summed E-state index contributed by atoms with van der Waals surface area (Å²) in [4.78, 5) is 49.0. The van der Waals surface area contributed by atoms with E-state index in [0.717, 1.165) is 19.1 Å². The molecular formula is C30H36Cl2N6O7S. The standard InChI is InChI=1S/C26H28Cl2N6O5S.C4H8O2/c1-40(37,38)33-20-8-4-5-9-21(20)34-24(18-11-10-15(27)12-19(18)28)23(16-6-2-3-7-17(16)26(34)36)25(35)32-39-13-22-29-14-30-31-22;1-3-6-4(2)5/h2-3,6-7,10-12,14,20-21,23-24,33H,4-5,8-9,13H2,1H3,(H,32,35)(H,29,30,31);3H2,1-2H3. The number of aromatic nitrogens is 3. The molecule has 0 radical (unpaired) electrons. The van der Waals surface area contributed by atoms with Crippen LogP contribution in [-0.4, -0.2) is 71.2 Å². The Morgan fingerprint density at radius 2 is 1.85 bits per heavy atom. The quantitative estimate of drug-likeness (QED) is 0.220. The number of nitrogens with zero attached hydrogens (tertiary/aromatic N) is 3. The summed E-state index contributed by atoms with van der Waals surface area (Å²) >= 11 is 12.9. The first-order valence-electron chi connectivity index (χ1n) is 14.6. The van der Waals surface area contributed by atoms with Gasteiger partial charge in [-0.25, -0.2) is 23.6 Å². The Hall–Kier alpha value is -3.56. The minimum absolute atomic E-state index is 0.0574. The van der Waals surface area contributed by atoms with Crippen LogP contribution in [0.1, 0.15) is 78.8 Å². The first-order valence-corrected chi connectivity index (χ1v) is 17.3. The molecule has 2 amide bonds. The van der Waals surface area contributed by atoms with Crippen LogP contribution in [0.25, 0.3) is 0 Å². The van der Waals surface area contributed by atoms with E-state index in [1.807, 2.05) is 0 Å². The van der Waals surface area contributed by atoms with Crippen LogP contribution < -0.4 is 10.2 Å². The maximum Gasteiger partial charge on any atom is 0.302 e. The maximum atomic E-state index is 14.2. The monoisotopic (exact) mass is 694 g/mol. The Morgan fingerprint density at radius 1 is 1.11 bits per heavy atom. The van der Waals surface area contributed by atoms with Gasteiger partial charge in [0, 0.05) is 34.6 Å². The molecule has 1 aromatic heterocycles. The topological polar surface area (TPSA) is 173 Å². The van der Waals surface area contributed by atoms with Crippen LogP contribution >= 0.6 is 23.2 Å². The number of hydrogen-bond acceptors (Lipinski definition) is 9. The number of fused-ring (bicyclic) bond motifs is 1. The number of hydroxylamine groups is 1. The molecule has 13 nitrogen and oxygen atoms in total. The number of rotatable bonds is 9. The summed E-state index contributed by atoms with van der Waals surface area (Å²) in [6, 6.07) is 9.83. The normalized spacial score (nSPS) is 21.1. The molecule has 2 aromatic carbocycles. The number of esters is 1. The Labute approximate surface area is 277 Å². The van der Waals surface area contributed by atoms with Crippen molar-refractivity contribution in [2.24, 2.45) is 0 Å². The number of nitrogens with one attached hydrogen (secondary N) is 3. The molecule has 0 saturated heterocycles. The zero-order chi connectivity index (χ0) is 33.4. The maximum absolute atomic E-state index is 14.2.